The van der Waals surface area contributed by atoms with Crippen LogP contribution in [0.25, 0.3) is 11.2 Å². The lowest BCUT2D eigenvalue weighted by Gasteiger charge is -2.27. The van der Waals surface area contributed by atoms with Crippen LogP contribution in [0.5, 0.6) is 0 Å². The number of aliphatic hydroxyl groups is 3. The van der Waals surface area contributed by atoms with Crippen LogP contribution in [0.2, 0.25) is 0 Å². The molecule has 38 heavy (non-hydrogen) atoms. The van der Waals surface area contributed by atoms with E-state index in [0.717, 1.165) is 0 Å². The van der Waals surface area contributed by atoms with Gasteiger partial charge in [0.25, 0.3) is 5.56 Å². The van der Waals surface area contributed by atoms with Crippen molar-refractivity contribution in [2.75, 3.05) is 25.6 Å². The lowest BCUT2D eigenvalue weighted by molar-refractivity contribution is -0.129. The Morgan fingerprint density at radius 1 is 1.42 bits per heavy atom. The first-order chi connectivity index (χ1) is 17.6. The number of nitrogen functional groups attached to an aromatic ring is 1. The smallest absolute Gasteiger partial charge is 0.395 e. The molecule has 7 N–H and O–H groups in total. The van der Waals surface area contributed by atoms with Crippen molar-refractivity contribution in [3.63, 3.8) is 0 Å². The van der Waals surface area contributed by atoms with Crippen molar-refractivity contribution < 1.29 is 38.5 Å². The van der Waals surface area contributed by atoms with Crippen LogP contribution in [0.3, 0.4) is 0 Å². The number of nitrogens with one attached hydrogen (secondary N) is 2. The summed E-state index contributed by atoms with van der Waals surface area (Å²) >= 11 is 0. The summed E-state index contributed by atoms with van der Waals surface area (Å²) in [6.45, 7) is 7.29. The molecule has 3 rings (SSSR count). The van der Waals surface area contributed by atoms with Crippen molar-refractivity contribution in [3.8, 4) is 0 Å². The van der Waals surface area contributed by atoms with Crippen molar-refractivity contribution in [1.29, 1.82) is 0 Å². The molecule has 214 valence electrons. The molecule has 0 amide bonds. The molecule has 0 radical (unpaired) electrons. The van der Waals surface area contributed by atoms with Gasteiger partial charge in [-0.2, -0.15) is 4.98 Å². The van der Waals surface area contributed by atoms with Gasteiger partial charge in [-0.3, -0.25) is 28.2 Å². The zero-order valence-corrected chi connectivity index (χ0v) is 23.0. The van der Waals surface area contributed by atoms with Crippen molar-refractivity contribution in [2.24, 2.45) is 5.41 Å². The Labute approximate surface area is 219 Å². The molecule has 0 aromatic carbocycles. The molecular weight excluding hydrogens is 523 g/mol. The summed E-state index contributed by atoms with van der Waals surface area (Å²) in [6, 6.07) is -0.298. The molecule has 1 saturated heterocycles. The second-order valence-corrected chi connectivity index (χ2v) is 12.2. The quantitative estimate of drug-likeness (QED) is 0.143. The van der Waals surface area contributed by atoms with E-state index in [9.17, 15) is 29.5 Å². The molecule has 5 atom stereocenters. The Morgan fingerprint density at radius 3 is 2.74 bits per heavy atom. The third-order valence-corrected chi connectivity index (χ3v) is 8.09. The minimum atomic E-state index is -3.91. The fourth-order valence-corrected chi connectivity index (χ4v) is 5.50. The van der Waals surface area contributed by atoms with Gasteiger partial charge in [-0.05, 0) is 27.2 Å². The van der Waals surface area contributed by atoms with Gasteiger partial charge < -0.3 is 25.8 Å². The number of Topliss-reactive ketones (excluding diaryl/α,β-unsaturated/α-hetero) is 1. The van der Waals surface area contributed by atoms with Crippen molar-refractivity contribution in [3.05, 3.63) is 16.7 Å². The number of ketones is 1. The van der Waals surface area contributed by atoms with Gasteiger partial charge in [0.1, 0.15) is 23.6 Å². The average molecular weight is 561 g/mol. The highest BCUT2D eigenvalue weighted by molar-refractivity contribution is 7.51. The average Bonchev–Trinajstić information content (AvgIpc) is 3.33. The Bertz CT molecular complexity index is 1240. The van der Waals surface area contributed by atoms with Gasteiger partial charge in [0.15, 0.2) is 17.4 Å². The zero-order valence-electron chi connectivity index (χ0n) is 22.1. The monoisotopic (exact) mass is 560 g/mol. The summed E-state index contributed by atoms with van der Waals surface area (Å²) in [4.78, 5) is 34.7. The maximum atomic E-state index is 13.3. The number of anilines is 1. The van der Waals surface area contributed by atoms with Gasteiger partial charge in [0.05, 0.1) is 26.1 Å². The molecule has 15 nitrogen and oxygen atoms in total. The topological polar surface area (TPSA) is 224 Å². The van der Waals surface area contributed by atoms with E-state index in [2.05, 4.69) is 20.0 Å². The van der Waals surface area contributed by atoms with Gasteiger partial charge in [0.2, 0.25) is 5.95 Å². The number of carbonyl (C=O) groups excluding carboxylic acids is 1. The first-order valence-electron chi connectivity index (χ1n) is 12.2. The highest BCUT2D eigenvalue weighted by Gasteiger charge is 2.54. The van der Waals surface area contributed by atoms with Crippen LogP contribution in [0.4, 0.5) is 5.95 Å². The zero-order chi connectivity index (χ0) is 28.5. The second-order valence-electron chi connectivity index (χ2n) is 10.5. The van der Waals surface area contributed by atoms with Crippen LogP contribution in [0, 0.1) is 5.41 Å². The minimum absolute atomic E-state index is 0.0346. The molecule has 1 fully saturated rings. The van der Waals surface area contributed by atoms with Crippen LogP contribution in [0.1, 0.15) is 53.7 Å². The predicted octanol–water partition coefficient (Wildman–Crippen LogP) is 0.218. The first kappa shape index (κ1) is 30.3. The summed E-state index contributed by atoms with van der Waals surface area (Å²) in [6.07, 6.45) is -2.28. The standard InChI is InChI=1S/C22H37N6O9P/c1-12(2)27-38(34,35-8-6-7-14(30)21(3,4)10-29)36-9-13-16(31)22(5,33)19(37-13)28-11-24-15-17(28)25-20(23)26-18(15)32/h11-13,16,19,29,31,33H,6-10H2,1-5H3,(H,27,34)(H3,23,25,26,32). The molecule has 0 spiro atoms. The number of rotatable bonds is 13. The van der Waals surface area contributed by atoms with Crippen molar-refractivity contribution in [2.45, 2.75) is 77.5 Å². The van der Waals surface area contributed by atoms with Crippen molar-refractivity contribution >= 4 is 30.6 Å². The van der Waals surface area contributed by atoms with Crippen molar-refractivity contribution in [1.82, 2.24) is 24.6 Å². The van der Waals surface area contributed by atoms with E-state index < -0.39 is 49.4 Å². The van der Waals surface area contributed by atoms with Crippen LogP contribution in [-0.2, 0) is 23.1 Å². The molecular formula is C22H37N6O9P. The van der Waals surface area contributed by atoms with Gasteiger partial charge in [-0.1, -0.05) is 13.8 Å². The number of imidazole rings is 1. The SMILES string of the molecule is CC(C)NP(=O)(OCCCC(=O)C(C)(C)CO)OCC1OC(n2cnc3c(=O)[nH]c(N)nc32)C(C)(O)C1O. The summed E-state index contributed by atoms with van der Waals surface area (Å²) in [5, 5.41) is 33.9. The molecule has 0 bridgehead atoms. The van der Waals surface area contributed by atoms with Gasteiger partial charge in [0, 0.05) is 17.9 Å². The number of H-pyrrole nitrogens is 1. The minimum Gasteiger partial charge on any atom is -0.395 e. The predicted molar refractivity (Wildman–Crippen MR) is 136 cm³/mol. The molecule has 3 heterocycles. The molecule has 5 unspecified atom stereocenters. The number of nitrogens with zero attached hydrogens (tertiary/aromatic N) is 3. The number of aliphatic hydroxyl groups excluding tert-OH is 2. The number of hydrogen-bond acceptors (Lipinski definition) is 12. The van der Waals surface area contributed by atoms with Crippen LogP contribution < -0.4 is 16.4 Å². The Balaban J connectivity index is 1.69. The maximum Gasteiger partial charge on any atom is 0.405 e. The third-order valence-electron chi connectivity index (χ3n) is 6.24. The number of ether oxygens (including phenoxy) is 1. The lowest BCUT2D eigenvalue weighted by Crippen LogP contribution is -2.44. The van der Waals surface area contributed by atoms with E-state index in [1.165, 1.54) is 17.8 Å². The van der Waals surface area contributed by atoms with E-state index >= 15 is 0 Å². The molecule has 16 heteroatoms. The highest BCUT2D eigenvalue weighted by Crippen LogP contribution is 2.47. The normalized spacial score (nSPS) is 25.8. The first-order valence-corrected chi connectivity index (χ1v) is 13.7. The van der Waals surface area contributed by atoms with E-state index in [4.69, 9.17) is 19.5 Å². The summed E-state index contributed by atoms with van der Waals surface area (Å²) in [5.74, 6) is -0.320. The summed E-state index contributed by atoms with van der Waals surface area (Å²) in [7, 11) is -3.91. The number of carbonyl (C=O) groups is 1. The Morgan fingerprint density at radius 2 is 2.11 bits per heavy atom. The van der Waals surface area contributed by atoms with E-state index in [-0.39, 0.29) is 55.0 Å². The fraction of sp³-hybridized carbons (Fsp3) is 0.727. The Kier molecular flexibility index (Phi) is 9.16. The molecule has 2 aromatic heterocycles. The van der Waals surface area contributed by atoms with Gasteiger partial charge in [-0.25, -0.2) is 14.6 Å². The lowest BCUT2D eigenvalue weighted by atomic mass is 9.87. The molecule has 1 aliphatic heterocycles. The molecule has 1 aliphatic rings. The van der Waals surface area contributed by atoms with E-state index in [0.29, 0.717) is 0 Å². The number of fused-ring (bicyclic) bond motifs is 1. The number of hydrogen-bond donors (Lipinski definition) is 6. The number of aromatic amines is 1. The molecule has 0 aliphatic carbocycles. The summed E-state index contributed by atoms with van der Waals surface area (Å²) in [5.41, 5.74) is 2.31. The highest BCUT2D eigenvalue weighted by atomic mass is 31.2. The van der Waals surface area contributed by atoms with E-state index in [1.807, 2.05) is 0 Å². The number of nitrogens with two attached hydrogens (primary N) is 1. The van der Waals surface area contributed by atoms with Crippen LogP contribution >= 0.6 is 7.75 Å². The van der Waals surface area contributed by atoms with Crippen LogP contribution in [-0.4, -0.2) is 84.3 Å². The van der Waals surface area contributed by atoms with Gasteiger partial charge >= 0.3 is 7.75 Å². The summed E-state index contributed by atoms with van der Waals surface area (Å²) < 4.78 is 31.5. The Hall–Kier alpha value is -2.23. The number of aromatic nitrogens is 4. The third kappa shape index (κ3) is 6.49. The maximum absolute atomic E-state index is 13.3. The van der Waals surface area contributed by atoms with Crippen LogP contribution in [0.15, 0.2) is 11.1 Å². The van der Waals surface area contributed by atoms with Gasteiger partial charge in [-0.15, -0.1) is 0 Å². The van der Waals surface area contributed by atoms with E-state index in [1.54, 1.807) is 27.7 Å². The molecule has 2 aromatic rings. The second kappa shape index (κ2) is 11.5. The molecule has 0 saturated carbocycles. The largest absolute Gasteiger partial charge is 0.405 e. The fourth-order valence-electron chi connectivity index (χ4n) is 3.94.